The van der Waals surface area contributed by atoms with Gasteiger partial charge < -0.3 is 15.3 Å². The van der Waals surface area contributed by atoms with Gasteiger partial charge in [0, 0.05) is 21.5 Å². The van der Waals surface area contributed by atoms with Crippen molar-refractivity contribution in [1.29, 1.82) is 0 Å². The molecule has 1 atom stereocenters. The number of benzene rings is 1. The smallest absolute Gasteiger partial charge is 0.337 e. The van der Waals surface area contributed by atoms with Crippen LogP contribution in [0.4, 0.5) is 10.5 Å². The minimum absolute atomic E-state index is 0.0476. The molecule has 0 spiro atoms. The third-order valence-electron chi connectivity index (χ3n) is 3.33. The average molecular weight is 406 g/mol. The summed E-state index contributed by atoms with van der Waals surface area (Å²) in [6, 6.07) is 3.09. The van der Waals surface area contributed by atoms with E-state index in [-0.39, 0.29) is 23.3 Å². The molecule has 5 nitrogen and oxygen atoms in total. The average Bonchev–Trinajstić information content (AvgIpc) is 2.78. The van der Waals surface area contributed by atoms with Crippen molar-refractivity contribution < 1.29 is 14.7 Å². The highest BCUT2D eigenvalue weighted by atomic mass is 79.9. The topological polar surface area (TPSA) is 69.6 Å². The Bertz CT molecular complexity index is 563. The molecule has 1 aromatic rings. The number of halogens is 2. The number of amides is 2. The minimum Gasteiger partial charge on any atom is -0.478 e. The van der Waals surface area contributed by atoms with Crippen molar-refractivity contribution in [1.82, 2.24) is 4.90 Å². The first kappa shape index (κ1) is 15.3. The summed E-state index contributed by atoms with van der Waals surface area (Å²) in [5, 5.41) is 11.9. The number of nitrogens with zero attached hydrogens (tertiary/aromatic N) is 1. The fourth-order valence-corrected chi connectivity index (χ4v) is 3.61. The van der Waals surface area contributed by atoms with Crippen LogP contribution in [0.1, 0.15) is 30.1 Å². The van der Waals surface area contributed by atoms with Crippen LogP contribution in [0.3, 0.4) is 0 Å². The van der Waals surface area contributed by atoms with E-state index in [1.807, 2.05) is 6.92 Å². The van der Waals surface area contributed by atoms with Gasteiger partial charge in [-0.1, -0.05) is 15.9 Å². The molecule has 1 aliphatic heterocycles. The van der Waals surface area contributed by atoms with E-state index in [9.17, 15) is 14.7 Å². The van der Waals surface area contributed by atoms with Gasteiger partial charge in [0.1, 0.15) is 0 Å². The van der Waals surface area contributed by atoms with Gasteiger partial charge in [-0.15, -0.1) is 0 Å². The van der Waals surface area contributed by atoms with Crippen molar-refractivity contribution in [2.24, 2.45) is 0 Å². The first-order valence-electron chi connectivity index (χ1n) is 6.20. The molecule has 1 unspecified atom stereocenters. The molecule has 7 heteroatoms. The highest BCUT2D eigenvalue weighted by Crippen LogP contribution is 2.31. The summed E-state index contributed by atoms with van der Waals surface area (Å²) in [5.41, 5.74) is 0.330. The number of rotatable bonds is 2. The third-order valence-corrected chi connectivity index (χ3v) is 4.41. The maximum Gasteiger partial charge on any atom is 0.337 e. The van der Waals surface area contributed by atoms with Crippen LogP contribution in [0, 0.1) is 0 Å². The molecule has 0 bridgehead atoms. The number of hydrogen-bond donors (Lipinski definition) is 2. The van der Waals surface area contributed by atoms with Gasteiger partial charge in [0.05, 0.1) is 11.3 Å². The molecule has 2 N–H and O–H groups in total. The van der Waals surface area contributed by atoms with Gasteiger partial charge in [-0.25, -0.2) is 9.59 Å². The lowest BCUT2D eigenvalue weighted by molar-refractivity contribution is 0.0698. The van der Waals surface area contributed by atoms with E-state index < -0.39 is 5.97 Å². The first-order valence-corrected chi connectivity index (χ1v) is 7.78. The summed E-state index contributed by atoms with van der Waals surface area (Å²) in [6.45, 7) is 2.69. The van der Waals surface area contributed by atoms with Crippen LogP contribution in [0.2, 0.25) is 0 Å². The maximum atomic E-state index is 12.2. The van der Waals surface area contributed by atoms with Crippen molar-refractivity contribution in [3.8, 4) is 0 Å². The monoisotopic (exact) mass is 404 g/mol. The Labute approximate surface area is 133 Å². The van der Waals surface area contributed by atoms with Crippen LogP contribution < -0.4 is 5.32 Å². The predicted molar refractivity (Wildman–Crippen MR) is 83.2 cm³/mol. The van der Waals surface area contributed by atoms with E-state index >= 15 is 0 Å². The summed E-state index contributed by atoms with van der Waals surface area (Å²) in [4.78, 5) is 25.2. The quantitative estimate of drug-likeness (QED) is 0.783. The summed E-state index contributed by atoms with van der Waals surface area (Å²) < 4.78 is 1.17. The number of hydrogen-bond acceptors (Lipinski definition) is 2. The van der Waals surface area contributed by atoms with Gasteiger partial charge in [-0.05, 0) is 47.8 Å². The second-order valence-electron chi connectivity index (χ2n) is 4.73. The van der Waals surface area contributed by atoms with Gasteiger partial charge in [-0.3, -0.25) is 0 Å². The number of likely N-dealkylation sites (tertiary alicyclic amines) is 1. The highest BCUT2D eigenvalue weighted by Gasteiger charge is 2.26. The lowest BCUT2D eigenvalue weighted by atomic mass is 10.2. The molecular weight excluding hydrogens is 392 g/mol. The fraction of sp³-hybridized carbons (Fsp3) is 0.385. The number of carboxylic acid groups (broad SMARTS) is 1. The maximum absolute atomic E-state index is 12.2. The number of carboxylic acids is 1. The van der Waals surface area contributed by atoms with Crippen molar-refractivity contribution in [3.63, 3.8) is 0 Å². The number of nitrogens with one attached hydrogen (secondary N) is 1. The van der Waals surface area contributed by atoms with Gasteiger partial charge >= 0.3 is 12.0 Å². The fourth-order valence-electron chi connectivity index (χ4n) is 2.28. The molecule has 1 aromatic carbocycles. The molecule has 0 saturated carbocycles. The van der Waals surface area contributed by atoms with E-state index in [1.165, 1.54) is 6.07 Å². The minimum atomic E-state index is -1.09. The van der Waals surface area contributed by atoms with Gasteiger partial charge in [-0.2, -0.15) is 0 Å². The number of carbonyl (C=O) groups is 2. The molecular formula is C13H14Br2N2O3. The van der Waals surface area contributed by atoms with Gasteiger partial charge in [0.25, 0.3) is 0 Å². The molecule has 0 aromatic heterocycles. The first-order chi connectivity index (χ1) is 9.40. The second-order valence-corrected chi connectivity index (χ2v) is 6.50. The zero-order chi connectivity index (χ0) is 14.9. The van der Waals surface area contributed by atoms with E-state index in [1.54, 1.807) is 11.0 Å². The Morgan fingerprint density at radius 3 is 2.65 bits per heavy atom. The highest BCUT2D eigenvalue weighted by molar-refractivity contribution is 9.11. The van der Waals surface area contributed by atoms with Crippen molar-refractivity contribution >= 4 is 49.5 Å². The van der Waals surface area contributed by atoms with Crippen molar-refractivity contribution in [2.75, 3.05) is 11.9 Å². The normalized spacial score (nSPS) is 18.1. The molecule has 1 fully saturated rings. The summed E-state index contributed by atoms with van der Waals surface area (Å²) in [7, 11) is 0. The predicted octanol–water partition coefficient (Wildman–Crippen LogP) is 3.93. The molecule has 108 valence electrons. The van der Waals surface area contributed by atoms with E-state index in [0.29, 0.717) is 15.5 Å². The Kier molecular flexibility index (Phi) is 4.70. The third kappa shape index (κ3) is 3.15. The lowest BCUT2D eigenvalue weighted by Gasteiger charge is -2.22. The van der Waals surface area contributed by atoms with Crippen LogP contribution >= 0.6 is 31.9 Å². The van der Waals surface area contributed by atoms with Crippen molar-refractivity contribution in [2.45, 2.75) is 25.8 Å². The summed E-state index contributed by atoms with van der Waals surface area (Å²) in [6.07, 6.45) is 1.95. The molecule has 1 saturated heterocycles. The van der Waals surface area contributed by atoms with Crippen LogP contribution in [-0.4, -0.2) is 34.6 Å². The Morgan fingerprint density at radius 2 is 2.10 bits per heavy atom. The van der Waals surface area contributed by atoms with Crippen LogP contribution in [0.15, 0.2) is 21.1 Å². The molecule has 1 aliphatic rings. The molecule has 2 rings (SSSR count). The number of carbonyl (C=O) groups excluding carboxylic acids is 1. The molecule has 0 aliphatic carbocycles. The van der Waals surface area contributed by atoms with E-state index in [2.05, 4.69) is 37.2 Å². The van der Waals surface area contributed by atoms with Crippen molar-refractivity contribution in [3.05, 3.63) is 26.6 Å². The molecule has 2 amide bonds. The van der Waals surface area contributed by atoms with Gasteiger partial charge in [0.2, 0.25) is 0 Å². The van der Waals surface area contributed by atoms with Crippen LogP contribution in [0.5, 0.6) is 0 Å². The van der Waals surface area contributed by atoms with Gasteiger partial charge in [0.15, 0.2) is 0 Å². The number of urea groups is 1. The Hall–Kier alpha value is -1.08. The second kappa shape index (κ2) is 6.13. The Morgan fingerprint density at radius 1 is 1.40 bits per heavy atom. The number of anilines is 1. The molecule has 20 heavy (non-hydrogen) atoms. The lowest BCUT2D eigenvalue weighted by Crippen LogP contribution is -2.37. The van der Waals surface area contributed by atoms with E-state index in [0.717, 1.165) is 12.8 Å². The SMILES string of the molecule is CC1CCCN1C(=O)Nc1c(Br)cc(Br)cc1C(=O)O. The standard InChI is InChI=1S/C13H14Br2N2O3/c1-7-3-2-4-17(7)13(20)16-11-9(12(18)19)5-8(14)6-10(11)15/h5-7H,2-4H2,1H3,(H,16,20)(H,18,19). The molecule has 0 radical (unpaired) electrons. The van der Waals surface area contributed by atoms with Crippen LogP contribution in [0.25, 0.3) is 0 Å². The zero-order valence-electron chi connectivity index (χ0n) is 10.8. The largest absolute Gasteiger partial charge is 0.478 e. The summed E-state index contributed by atoms with van der Waals surface area (Å²) >= 11 is 6.53. The van der Waals surface area contributed by atoms with Crippen LogP contribution in [-0.2, 0) is 0 Å². The Balaban J connectivity index is 2.29. The summed E-state index contributed by atoms with van der Waals surface area (Å²) in [5.74, 6) is -1.09. The molecule has 1 heterocycles. The number of aromatic carboxylic acids is 1. The zero-order valence-corrected chi connectivity index (χ0v) is 14.0. The van der Waals surface area contributed by atoms with E-state index in [4.69, 9.17) is 0 Å².